The van der Waals surface area contributed by atoms with E-state index in [9.17, 15) is 23.2 Å². The molecule has 0 spiro atoms. The van der Waals surface area contributed by atoms with E-state index in [0.29, 0.717) is 11.3 Å². The topological polar surface area (TPSA) is 63.7 Å². The summed E-state index contributed by atoms with van der Waals surface area (Å²) in [4.78, 5) is 35.9. The normalized spacial score (nSPS) is 20.1. The Labute approximate surface area is 157 Å². The zero-order valence-corrected chi connectivity index (χ0v) is 15.4. The molecule has 0 saturated carbocycles. The smallest absolute Gasteiger partial charge is 0.416 e. The molecule has 1 aliphatic rings. The maximum absolute atomic E-state index is 13.6. The Morgan fingerprint density at radius 2 is 2.00 bits per heavy atom. The number of likely N-dealkylation sites (tertiary alicyclic amines) is 1. The van der Waals surface area contributed by atoms with Crippen molar-refractivity contribution in [2.24, 2.45) is 5.92 Å². The zero-order valence-electron chi connectivity index (χ0n) is 15.4. The van der Waals surface area contributed by atoms with Gasteiger partial charge in [0.2, 0.25) is 0 Å². The minimum Gasteiger partial charge on any atom is -0.452 e. The number of aryl methyl sites for hydroxylation is 1. The number of halogens is 2. The van der Waals surface area contributed by atoms with E-state index < -0.39 is 30.4 Å². The number of amides is 2. The van der Waals surface area contributed by atoms with Crippen molar-refractivity contribution in [3.8, 4) is 0 Å². The lowest BCUT2D eigenvalue weighted by Gasteiger charge is -2.17. The summed E-state index contributed by atoms with van der Waals surface area (Å²) >= 11 is 0. The predicted molar refractivity (Wildman–Crippen MR) is 95.3 cm³/mol. The highest BCUT2D eigenvalue weighted by atomic mass is 19.3. The summed E-state index contributed by atoms with van der Waals surface area (Å²) in [5.74, 6) is -5.76. The molecule has 2 rings (SSSR count). The van der Waals surface area contributed by atoms with Crippen LogP contribution in [0.5, 0.6) is 0 Å². The first kappa shape index (κ1) is 20.7. The largest absolute Gasteiger partial charge is 0.452 e. The van der Waals surface area contributed by atoms with Crippen molar-refractivity contribution >= 4 is 17.8 Å². The molecule has 0 radical (unpaired) electrons. The van der Waals surface area contributed by atoms with Crippen molar-refractivity contribution in [3.63, 3.8) is 0 Å². The monoisotopic (exact) mass is 379 g/mol. The lowest BCUT2D eigenvalue weighted by atomic mass is 9.96. The number of hydrogen-bond donors (Lipinski definition) is 0. The Balaban J connectivity index is 1.91. The van der Waals surface area contributed by atoms with Crippen molar-refractivity contribution in [2.75, 3.05) is 7.11 Å². The van der Waals surface area contributed by atoms with Crippen LogP contribution in [-0.4, -0.2) is 41.8 Å². The van der Waals surface area contributed by atoms with Gasteiger partial charge in [0.1, 0.15) is 0 Å². The van der Waals surface area contributed by atoms with Crippen LogP contribution in [0, 0.1) is 5.92 Å². The van der Waals surface area contributed by atoms with Crippen LogP contribution in [0.25, 0.3) is 0 Å². The van der Waals surface area contributed by atoms with Crippen LogP contribution in [0.3, 0.4) is 0 Å². The van der Waals surface area contributed by atoms with Gasteiger partial charge >= 0.3 is 17.9 Å². The summed E-state index contributed by atoms with van der Waals surface area (Å²) in [5, 5.41) is 0. The molecule has 1 saturated heterocycles. The van der Waals surface area contributed by atoms with Gasteiger partial charge in [-0.3, -0.25) is 9.59 Å². The van der Waals surface area contributed by atoms with E-state index in [0.717, 1.165) is 20.0 Å². The zero-order chi connectivity index (χ0) is 20.0. The second-order valence-corrected chi connectivity index (χ2v) is 6.66. The Bertz CT molecular complexity index is 718. The van der Waals surface area contributed by atoms with Crippen LogP contribution < -0.4 is 0 Å². The molecule has 0 bridgehead atoms. The SMILES string of the molecule is COC(=O)N1C(=O)C(F)(F)C[C@@H]1/C=C/C(=O)[C@H](C)CCCc1ccccc1. The molecule has 5 nitrogen and oxygen atoms in total. The van der Waals surface area contributed by atoms with E-state index in [1.54, 1.807) is 6.92 Å². The third kappa shape index (κ3) is 5.21. The first-order valence-electron chi connectivity index (χ1n) is 8.81. The van der Waals surface area contributed by atoms with Crippen molar-refractivity contribution in [3.05, 3.63) is 48.0 Å². The number of alkyl halides is 2. The highest BCUT2D eigenvalue weighted by molar-refractivity contribution is 5.99. The molecule has 1 aromatic rings. The molecular weight excluding hydrogens is 356 g/mol. The third-order valence-corrected chi connectivity index (χ3v) is 4.61. The molecule has 2 atom stereocenters. The number of nitrogens with zero attached hydrogens (tertiary/aromatic N) is 1. The van der Waals surface area contributed by atoms with Gasteiger partial charge < -0.3 is 4.74 Å². The fraction of sp³-hybridized carbons (Fsp3) is 0.450. The van der Waals surface area contributed by atoms with Crippen molar-refractivity contribution in [2.45, 2.75) is 44.6 Å². The van der Waals surface area contributed by atoms with Crippen LogP contribution in [0.15, 0.2) is 42.5 Å². The van der Waals surface area contributed by atoms with Crippen LogP contribution in [0.4, 0.5) is 13.6 Å². The third-order valence-electron chi connectivity index (χ3n) is 4.61. The number of carbonyl (C=O) groups is 3. The second kappa shape index (κ2) is 8.88. The molecule has 1 fully saturated rings. The highest BCUT2D eigenvalue weighted by Gasteiger charge is 2.55. The van der Waals surface area contributed by atoms with Crippen LogP contribution in [-0.2, 0) is 20.7 Å². The molecular formula is C20H23F2NO4. The molecule has 0 unspecified atom stereocenters. The molecule has 1 aliphatic heterocycles. The van der Waals surface area contributed by atoms with Gasteiger partial charge in [-0.25, -0.2) is 9.69 Å². The standard InChI is InChI=1S/C20H23F2NO4/c1-14(7-6-10-15-8-4-3-5-9-15)17(24)12-11-16-13-20(21,22)18(25)23(16)19(26)27-2/h3-5,8-9,11-12,14,16H,6-7,10,13H2,1-2H3/b12-11+/t14-,16+/m1/s1. The number of methoxy groups -OCH3 is 1. The number of imide groups is 1. The minimum absolute atomic E-state index is 0.226. The number of allylic oxidation sites excluding steroid dienone is 1. The van der Waals surface area contributed by atoms with Crippen molar-refractivity contribution in [1.82, 2.24) is 4.90 Å². The number of ketones is 1. The fourth-order valence-electron chi connectivity index (χ4n) is 3.01. The minimum atomic E-state index is -3.65. The van der Waals surface area contributed by atoms with E-state index >= 15 is 0 Å². The molecule has 1 aromatic carbocycles. The number of benzene rings is 1. The maximum atomic E-state index is 13.6. The first-order chi connectivity index (χ1) is 12.8. The van der Waals surface area contributed by atoms with Crippen LogP contribution in [0.1, 0.15) is 31.7 Å². The van der Waals surface area contributed by atoms with Crippen molar-refractivity contribution in [1.29, 1.82) is 0 Å². The van der Waals surface area contributed by atoms with E-state index in [1.165, 1.54) is 17.7 Å². The Morgan fingerprint density at radius 3 is 2.63 bits per heavy atom. The van der Waals surface area contributed by atoms with Gasteiger partial charge in [-0.15, -0.1) is 0 Å². The van der Waals surface area contributed by atoms with E-state index in [2.05, 4.69) is 4.74 Å². The van der Waals surface area contributed by atoms with Crippen molar-refractivity contribution < 1.29 is 27.9 Å². The highest BCUT2D eigenvalue weighted by Crippen LogP contribution is 2.34. The summed E-state index contributed by atoms with van der Waals surface area (Å²) in [6, 6.07) is 8.70. The van der Waals surface area contributed by atoms with Gasteiger partial charge in [0.05, 0.1) is 13.2 Å². The lowest BCUT2D eigenvalue weighted by Crippen LogP contribution is -2.40. The van der Waals surface area contributed by atoms with E-state index in [4.69, 9.17) is 0 Å². The lowest BCUT2D eigenvalue weighted by molar-refractivity contribution is -0.146. The Hall–Kier alpha value is -2.57. The molecule has 0 N–H and O–H groups in total. The summed E-state index contributed by atoms with van der Waals surface area (Å²) < 4.78 is 31.6. The number of ether oxygens (including phenoxy) is 1. The van der Waals surface area contributed by atoms with Crippen LogP contribution >= 0.6 is 0 Å². The number of carbonyl (C=O) groups excluding carboxylic acids is 3. The van der Waals surface area contributed by atoms with Gasteiger partial charge in [-0.2, -0.15) is 8.78 Å². The average molecular weight is 379 g/mol. The molecule has 2 amide bonds. The maximum Gasteiger partial charge on any atom is 0.416 e. The molecule has 1 heterocycles. The van der Waals surface area contributed by atoms with Gasteiger partial charge in [0, 0.05) is 12.3 Å². The van der Waals surface area contributed by atoms with Gasteiger partial charge in [0.15, 0.2) is 5.78 Å². The van der Waals surface area contributed by atoms with Crippen LogP contribution in [0.2, 0.25) is 0 Å². The van der Waals surface area contributed by atoms with Gasteiger partial charge in [0.25, 0.3) is 0 Å². The molecule has 27 heavy (non-hydrogen) atoms. The molecule has 0 aromatic heterocycles. The predicted octanol–water partition coefficient (Wildman–Crippen LogP) is 3.77. The summed E-state index contributed by atoms with van der Waals surface area (Å²) in [6.45, 7) is 1.77. The fourth-order valence-corrected chi connectivity index (χ4v) is 3.01. The number of hydrogen-bond acceptors (Lipinski definition) is 4. The van der Waals surface area contributed by atoms with E-state index in [-0.39, 0.29) is 11.7 Å². The quantitative estimate of drug-likeness (QED) is 0.677. The summed E-state index contributed by atoms with van der Waals surface area (Å²) in [6.07, 6.45) is 2.68. The van der Waals surface area contributed by atoms with Gasteiger partial charge in [-0.1, -0.05) is 43.3 Å². The Kier molecular flexibility index (Phi) is 6.82. The first-order valence-corrected chi connectivity index (χ1v) is 8.81. The van der Waals surface area contributed by atoms with E-state index in [1.807, 2.05) is 30.3 Å². The Morgan fingerprint density at radius 1 is 1.33 bits per heavy atom. The number of rotatable bonds is 7. The van der Waals surface area contributed by atoms with Gasteiger partial charge in [-0.05, 0) is 30.9 Å². The second-order valence-electron chi connectivity index (χ2n) is 6.66. The average Bonchev–Trinajstić information content (AvgIpc) is 2.88. The molecule has 0 aliphatic carbocycles. The molecule has 146 valence electrons. The summed E-state index contributed by atoms with van der Waals surface area (Å²) in [7, 11) is 1.01. The molecule has 7 heteroatoms. The summed E-state index contributed by atoms with van der Waals surface area (Å²) in [5.41, 5.74) is 1.19.